The molecule has 0 radical (unpaired) electrons. The van der Waals surface area contributed by atoms with E-state index < -0.39 is 0 Å². The van der Waals surface area contributed by atoms with Crippen molar-refractivity contribution in [3.05, 3.63) is 29.8 Å². The van der Waals surface area contributed by atoms with Gasteiger partial charge in [0.05, 0.1) is 5.02 Å². The first-order valence-corrected chi connectivity index (χ1v) is 3.70. The highest BCUT2D eigenvalue weighted by molar-refractivity contribution is 6.30. The van der Waals surface area contributed by atoms with Gasteiger partial charge in [0.25, 0.3) is 0 Å². The van der Waals surface area contributed by atoms with Gasteiger partial charge >= 0.3 is 0 Å². The fourth-order valence-electron chi connectivity index (χ4n) is 0.886. The Morgan fingerprint density at radius 3 is 2.92 bits per heavy atom. The number of hydrogen-bond donors (Lipinski definition) is 1. The molecule has 2 aromatic heterocycles. The smallest absolute Gasteiger partial charge is 0.157 e. The van der Waals surface area contributed by atoms with E-state index in [1.54, 1.807) is 18.5 Å². The van der Waals surface area contributed by atoms with Gasteiger partial charge in [0.15, 0.2) is 5.82 Å². The molecule has 0 unspecified atom stereocenters. The molecule has 0 saturated heterocycles. The topological polar surface area (TPSA) is 54.5 Å². The van der Waals surface area contributed by atoms with Crippen molar-refractivity contribution in [2.45, 2.75) is 0 Å². The molecule has 0 fully saturated rings. The van der Waals surface area contributed by atoms with Crippen LogP contribution >= 0.6 is 11.6 Å². The summed E-state index contributed by atoms with van der Waals surface area (Å²) in [7, 11) is 0. The lowest BCUT2D eigenvalue weighted by molar-refractivity contribution is 1.09. The summed E-state index contributed by atoms with van der Waals surface area (Å²) in [5, 5.41) is 7.03. The Kier molecular flexibility index (Phi) is 1.75. The van der Waals surface area contributed by atoms with Crippen LogP contribution in [0.4, 0.5) is 0 Å². The molecule has 0 spiro atoms. The molecule has 2 aromatic rings. The summed E-state index contributed by atoms with van der Waals surface area (Å²) in [5.41, 5.74) is 0.833. The number of rotatable bonds is 1. The van der Waals surface area contributed by atoms with Crippen LogP contribution in [0.15, 0.2) is 24.8 Å². The van der Waals surface area contributed by atoms with Crippen LogP contribution in [-0.2, 0) is 0 Å². The maximum absolute atomic E-state index is 5.74. The Hall–Kier alpha value is -1.42. The fourth-order valence-corrected chi connectivity index (χ4v) is 1.06. The molecule has 1 N–H and O–H groups in total. The summed E-state index contributed by atoms with van der Waals surface area (Å²) in [5.74, 6) is 0.671. The van der Waals surface area contributed by atoms with Gasteiger partial charge in [0.2, 0.25) is 0 Å². The molecule has 0 bridgehead atoms. The predicted octanol–water partition coefficient (Wildman–Crippen LogP) is 1.52. The molecule has 0 atom stereocenters. The first kappa shape index (κ1) is 7.24. The summed E-state index contributed by atoms with van der Waals surface area (Å²) in [4.78, 5) is 7.88. The average molecular weight is 181 g/mol. The van der Waals surface area contributed by atoms with Crippen molar-refractivity contribution in [2.75, 3.05) is 0 Å². The number of H-pyrrole nitrogens is 1. The van der Waals surface area contributed by atoms with Crippen LogP contribution in [0.25, 0.3) is 11.4 Å². The minimum absolute atomic E-state index is 0.587. The average Bonchev–Trinajstić information content (AvgIpc) is 2.56. The highest BCUT2D eigenvalue weighted by atomic mass is 35.5. The van der Waals surface area contributed by atoms with Gasteiger partial charge in [-0.15, -0.1) is 0 Å². The highest BCUT2D eigenvalue weighted by Crippen LogP contribution is 2.16. The number of nitrogens with one attached hydrogen (secondary N) is 1. The number of halogens is 1. The molecule has 2 heterocycles. The lowest BCUT2D eigenvalue weighted by Crippen LogP contribution is -1.82. The van der Waals surface area contributed by atoms with Crippen LogP contribution < -0.4 is 0 Å². The second-order valence-corrected chi connectivity index (χ2v) is 2.66. The number of aromatic nitrogens is 4. The number of pyridine rings is 1. The van der Waals surface area contributed by atoms with E-state index in [1.165, 1.54) is 6.33 Å². The maximum atomic E-state index is 5.74. The zero-order valence-electron chi connectivity index (χ0n) is 6.03. The van der Waals surface area contributed by atoms with Gasteiger partial charge in [-0.3, -0.25) is 10.1 Å². The molecule has 0 aromatic carbocycles. The Morgan fingerprint density at radius 1 is 1.33 bits per heavy atom. The van der Waals surface area contributed by atoms with E-state index in [0.29, 0.717) is 10.8 Å². The monoisotopic (exact) mass is 180 g/mol. The van der Waals surface area contributed by atoms with Crippen LogP contribution in [0, 0.1) is 0 Å². The molecule has 0 amide bonds. The first-order chi connectivity index (χ1) is 5.86. The lowest BCUT2D eigenvalue weighted by Gasteiger charge is -1.94. The van der Waals surface area contributed by atoms with Gasteiger partial charge in [-0.25, -0.2) is 4.98 Å². The quantitative estimate of drug-likeness (QED) is 0.724. The summed E-state index contributed by atoms with van der Waals surface area (Å²) in [6.45, 7) is 0. The van der Waals surface area contributed by atoms with Crippen molar-refractivity contribution in [1.29, 1.82) is 0 Å². The largest absolute Gasteiger partial charge is 0.262 e. The van der Waals surface area contributed by atoms with Crippen molar-refractivity contribution in [3.8, 4) is 11.4 Å². The Labute approximate surface area is 73.6 Å². The second kappa shape index (κ2) is 2.91. The Bertz CT molecular complexity index is 371. The molecule has 5 heteroatoms. The molecule has 4 nitrogen and oxygen atoms in total. The molecular weight excluding hydrogens is 176 g/mol. The first-order valence-electron chi connectivity index (χ1n) is 3.32. The van der Waals surface area contributed by atoms with E-state index in [4.69, 9.17) is 11.6 Å². The van der Waals surface area contributed by atoms with E-state index >= 15 is 0 Å². The predicted molar refractivity (Wildman–Crippen MR) is 44.6 cm³/mol. The maximum Gasteiger partial charge on any atom is 0.157 e. The van der Waals surface area contributed by atoms with Crippen molar-refractivity contribution >= 4 is 11.6 Å². The highest BCUT2D eigenvalue weighted by Gasteiger charge is 2.00. The van der Waals surface area contributed by atoms with Crippen LogP contribution in [-0.4, -0.2) is 20.2 Å². The zero-order chi connectivity index (χ0) is 8.39. The van der Waals surface area contributed by atoms with E-state index in [1.807, 2.05) is 0 Å². The minimum Gasteiger partial charge on any atom is -0.262 e. The Balaban J connectivity index is 2.48. The molecule has 60 valence electrons. The normalized spacial score (nSPS) is 10.1. The lowest BCUT2D eigenvalue weighted by atomic mass is 10.3. The summed E-state index contributed by atoms with van der Waals surface area (Å²) >= 11 is 5.74. The SMILES string of the molecule is Clc1cncc(-c2ncn[nH]2)c1. The number of hydrogen-bond acceptors (Lipinski definition) is 3. The van der Waals surface area contributed by atoms with Gasteiger partial charge in [-0.1, -0.05) is 11.6 Å². The molecule has 12 heavy (non-hydrogen) atoms. The number of aromatic amines is 1. The van der Waals surface area contributed by atoms with Crippen molar-refractivity contribution in [3.63, 3.8) is 0 Å². The minimum atomic E-state index is 0.587. The standard InChI is InChI=1S/C7H5ClN4/c8-6-1-5(2-9-3-6)7-10-4-11-12-7/h1-4H,(H,10,11,12). The van der Waals surface area contributed by atoms with E-state index in [0.717, 1.165) is 5.56 Å². The molecule has 0 aliphatic carbocycles. The van der Waals surface area contributed by atoms with E-state index in [2.05, 4.69) is 20.2 Å². The molecule has 0 aliphatic rings. The van der Waals surface area contributed by atoms with Gasteiger partial charge < -0.3 is 0 Å². The van der Waals surface area contributed by atoms with Crippen LogP contribution in [0.5, 0.6) is 0 Å². The third-order valence-electron chi connectivity index (χ3n) is 1.39. The van der Waals surface area contributed by atoms with Crippen molar-refractivity contribution in [1.82, 2.24) is 20.2 Å². The molecular formula is C7H5ClN4. The summed E-state index contributed by atoms with van der Waals surface area (Å²) in [6.07, 6.45) is 4.68. The van der Waals surface area contributed by atoms with Crippen LogP contribution in [0.1, 0.15) is 0 Å². The van der Waals surface area contributed by atoms with Crippen molar-refractivity contribution in [2.24, 2.45) is 0 Å². The molecule has 0 saturated carbocycles. The third-order valence-corrected chi connectivity index (χ3v) is 1.60. The zero-order valence-corrected chi connectivity index (χ0v) is 6.78. The number of nitrogens with zero attached hydrogens (tertiary/aromatic N) is 3. The van der Waals surface area contributed by atoms with Gasteiger partial charge in [0.1, 0.15) is 6.33 Å². The van der Waals surface area contributed by atoms with Gasteiger partial charge in [0, 0.05) is 18.0 Å². The van der Waals surface area contributed by atoms with Gasteiger partial charge in [-0.05, 0) is 6.07 Å². The van der Waals surface area contributed by atoms with Gasteiger partial charge in [-0.2, -0.15) is 5.10 Å². The Morgan fingerprint density at radius 2 is 2.25 bits per heavy atom. The molecule has 0 aliphatic heterocycles. The second-order valence-electron chi connectivity index (χ2n) is 2.23. The third kappa shape index (κ3) is 1.29. The van der Waals surface area contributed by atoms with E-state index in [-0.39, 0.29) is 0 Å². The summed E-state index contributed by atoms with van der Waals surface area (Å²) in [6, 6.07) is 1.77. The van der Waals surface area contributed by atoms with Crippen LogP contribution in [0.2, 0.25) is 5.02 Å². The van der Waals surface area contributed by atoms with Crippen LogP contribution in [0.3, 0.4) is 0 Å². The fraction of sp³-hybridized carbons (Fsp3) is 0. The van der Waals surface area contributed by atoms with E-state index in [9.17, 15) is 0 Å². The summed E-state index contributed by atoms with van der Waals surface area (Å²) < 4.78 is 0. The molecule has 2 rings (SSSR count). The van der Waals surface area contributed by atoms with Crippen molar-refractivity contribution < 1.29 is 0 Å².